The third-order valence-corrected chi connectivity index (χ3v) is 3.60. The number of ether oxygens (including phenoxy) is 6. The van der Waals surface area contributed by atoms with E-state index in [4.69, 9.17) is 19.3 Å². The molecule has 2 N–H and O–H groups in total. The summed E-state index contributed by atoms with van der Waals surface area (Å²) in [4.78, 5) is 56.6. The Bertz CT molecular complexity index is 816. The van der Waals surface area contributed by atoms with E-state index in [1.807, 2.05) is 20.8 Å². The van der Waals surface area contributed by atoms with Crippen LogP contribution in [-0.4, -0.2) is 79.9 Å². The Kier molecular flexibility index (Phi) is 22.4. The number of Topliss-reactive ketones (excluding diaryl/α,β-unsaturated/α-hetero) is 1. The molecule has 1 aromatic heterocycles. The van der Waals surface area contributed by atoms with Crippen molar-refractivity contribution in [3.8, 4) is 5.75 Å². The van der Waals surface area contributed by atoms with Gasteiger partial charge < -0.3 is 38.5 Å². The monoisotopic (exact) mass is 533 g/mol. The van der Waals surface area contributed by atoms with Gasteiger partial charge in [0, 0.05) is 32.1 Å². The van der Waals surface area contributed by atoms with Gasteiger partial charge in [-0.2, -0.15) is 0 Å². The normalized spacial score (nSPS) is 9.81. The molecule has 0 saturated heterocycles. The highest BCUT2D eigenvalue weighted by atomic mass is 16.8. The summed E-state index contributed by atoms with van der Waals surface area (Å²) >= 11 is 0. The summed E-state index contributed by atoms with van der Waals surface area (Å²) < 4.78 is 28.9. The van der Waals surface area contributed by atoms with Crippen LogP contribution in [0.25, 0.3) is 0 Å². The molecule has 212 valence electrons. The van der Waals surface area contributed by atoms with Crippen LogP contribution in [0.2, 0.25) is 0 Å². The van der Waals surface area contributed by atoms with Crippen LogP contribution in [0.4, 0.5) is 0 Å². The zero-order valence-corrected chi connectivity index (χ0v) is 22.3. The highest BCUT2D eigenvalue weighted by Crippen LogP contribution is 2.12. The maximum Gasteiger partial charge on any atom is 0.343 e. The van der Waals surface area contributed by atoms with Gasteiger partial charge in [0.25, 0.3) is 12.0 Å². The number of aromatic amines is 1. The molecule has 0 bridgehead atoms. The van der Waals surface area contributed by atoms with E-state index in [2.05, 4.69) is 19.2 Å². The lowest BCUT2D eigenvalue weighted by atomic mass is 10.2. The van der Waals surface area contributed by atoms with Gasteiger partial charge >= 0.3 is 17.9 Å². The number of carbonyl (C=O) groups excluding carboxylic acids is 4. The quantitative estimate of drug-likeness (QED) is 0.154. The lowest BCUT2D eigenvalue weighted by molar-refractivity contribution is -0.282. The molecule has 13 heteroatoms. The van der Waals surface area contributed by atoms with Gasteiger partial charge in [0.2, 0.25) is 0 Å². The van der Waals surface area contributed by atoms with Crippen LogP contribution in [-0.2, 0) is 42.8 Å². The fraction of sp³-hybridized carbons (Fsp3) is 0.625. The average molecular weight is 534 g/mol. The second-order valence-electron chi connectivity index (χ2n) is 6.47. The zero-order chi connectivity index (χ0) is 28.6. The first-order valence-electron chi connectivity index (χ1n) is 11.9. The summed E-state index contributed by atoms with van der Waals surface area (Å²) in [6.45, 7) is 12.7. The van der Waals surface area contributed by atoms with Gasteiger partial charge in [0.05, 0.1) is 19.8 Å². The fourth-order valence-electron chi connectivity index (χ4n) is 2.19. The van der Waals surface area contributed by atoms with E-state index in [1.165, 1.54) is 0 Å². The van der Waals surface area contributed by atoms with Crippen LogP contribution >= 0.6 is 0 Å². The third kappa shape index (κ3) is 19.6. The number of hydrogen-bond donors (Lipinski definition) is 2. The van der Waals surface area contributed by atoms with E-state index in [9.17, 15) is 24.0 Å². The molecule has 0 aliphatic carbocycles. The molecule has 0 spiro atoms. The molecule has 13 nitrogen and oxygen atoms in total. The molecule has 0 amide bonds. The second kappa shape index (κ2) is 23.1. The Balaban J connectivity index is 0. The van der Waals surface area contributed by atoms with E-state index in [0.717, 1.165) is 12.3 Å². The highest BCUT2D eigenvalue weighted by molar-refractivity contribution is 6.03. The Hall–Kier alpha value is -3.29. The third-order valence-electron chi connectivity index (χ3n) is 3.60. The predicted octanol–water partition coefficient (Wildman–Crippen LogP) is 2.10. The van der Waals surface area contributed by atoms with Gasteiger partial charge in [0.1, 0.15) is 24.2 Å². The van der Waals surface area contributed by atoms with Crippen molar-refractivity contribution in [2.24, 2.45) is 0 Å². The molecule has 0 radical (unpaired) electrons. The van der Waals surface area contributed by atoms with Crippen molar-refractivity contribution in [1.29, 1.82) is 0 Å². The van der Waals surface area contributed by atoms with Gasteiger partial charge in [-0.05, 0) is 41.5 Å². The molecule has 1 aromatic rings. The molecule has 1 heterocycles. The second-order valence-corrected chi connectivity index (χ2v) is 6.47. The standard InChI is InChI=1S/C9H14O5.C8H9NO4.C7H16O3/c1-3-13-8(11)5-7(10)6-9(12)14-4-2;1-2-13-8(12)5-4-9-7(11)3-6(5)10;1-4-8-7(9-5-2)10-6-3/h3-6H2,1-2H3;3-4H,2H2,1H3,(H2,9,10,11);7H,4-6H2,1-3H3. The van der Waals surface area contributed by atoms with Crippen LogP contribution in [0.5, 0.6) is 5.75 Å². The number of rotatable bonds is 14. The van der Waals surface area contributed by atoms with E-state index < -0.39 is 35.7 Å². The Labute approximate surface area is 216 Å². The van der Waals surface area contributed by atoms with Crippen molar-refractivity contribution in [2.45, 2.75) is 60.9 Å². The maximum absolute atomic E-state index is 11.1. The van der Waals surface area contributed by atoms with Gasteiger partial charge in [-0.15, -0.1) is 0 Å². The van der Waals surface area contributed by atoms with Crippen molar-refractivity contribution < 1.29 is 52.7 Å². The number of H-pyrrole nitrogens is 1. The van der Waals surface area contributed by atoms with Crippen molar-refractivity contribution in [3.05, 3.63) is 28.2 Å². The number of carbonyl (C=O) groups is 4. The summed E-state index contributed by atoms with van der Waals surface area (Å²) in [5.74, 6) is -2.73. The molecule has 0 aliphatic heterocycles. The summed E-state index contributed by atoms with van der Waals surface area (Å²) in [5, 5.41) is 9.17. The van der Waals surface area contributed by atoms with E-state index >= 15 is 0 Å². The minimum atomic E-state index is -0.656. The molecular formula is C24H39NO12. The van der Waals surface area contributed by atoms with Crippen molar-refractivity contribution in [2.75, 3.05) is 39.6 Å². The Morgan fingerprint density at radius 3 is 1.54 bits per heavy atom. The van der Waals surface area contributed by atoms with Gasteiger partial charge in [0.15, 0.2) is 5.78 Å². The minimum absolute atomic E-state index is 0.0403. The fourth-order valence-corrected chi connectivity index (χ4v) is 2.19. The molecule has 0 fully saturated rings. The average Bonchev–Trinajstić information content (AvgIpc) is 2.80. The highest BCUT2D eigenvalue weighted by Gasteiger charge is 2.15. The van der Waals surface area contributed by atoms with Crippen LogP contribution in [0.1, 0.15) is 64.7 Å². The number of esters is 3. The van der Waals surface area contributed by atoms with E-state index in [0.29, 0.717) is 19.8 Å². The Morgan fingerprint density at radius 1 is 0.757 bits per heavy atom. The summed E-state index contributed by atoms with van der Waals surface area (Å²) in [6.07, 6.45) is 0.384. The Morgan fingerprint density at radius 2 is 1.19 bits per heavy atom. The lowest BCUT2D eigenvalue weighted by Gasteiger charge is -2.15. The summed E-state index contributed by atoms with van der Waals surface area (Å²) in [7, 11) is 0. The maximum atomic E-state index is 11.1. The number of hydrogen-bond acceptors (Lipinski definition) is 12. The van der Waals surface area contributed by atoms with Crippen molar-refractivity contribution in [3.63, 3.8) is 0 Å². The molecular weight excluding hydrogens is 494 g/mol. The van der Waals surface area contributed by atoms with Gasteiger partial charge in [-0.1, -0.05) is 0 Å². The van der Waals surface area contributed by atoms with Crippen molar-refractivity contribution >= 4 is 23.7 Å². The molecule has 0 unspecified atom stereocenters. The zero-order valence-electron chi connectivity index (χ0n) is 22.3. The molecule has 0 aromatic carbocycles. The number of aromatic hydroxyl groups is 1. The first kappa shape index (κ1) is 35.9. The molecule has 0 atom stereocenters. The number of ketones is 1. The van der Waals surface area contributed by atoms with Crippen molar-refractivity contribution in [1.82, 2.24) is 4.98 Å². The molecule has 0 aliphatic rings. The summed E-state index contributed by atoms with van der Waals surface area (Å²) in [6, 6.07) is 0.923. The minimum Gasteiger partial charge on any atom is -0.507 e. The van der Waals surface area contributed by atoms with Crippen LogP contribution in [0.15, 0.2) is 17.1 Å². The number of aromatic nitrogens is 1. The smallest absolute Gasteiger partial charge is 0.343 e. The first-order valence-corrected chi connectivity index (χ1v) is 11.9. The van der Waals surface area contributed by atoms with Gasteiger partial charge in [-0.25, -0.2) is 4.79 Å². The van der Waals surface area contributed by atoms with Crippen LogP contribution < -0.4 is 5.56 Å². The van der Waals surface area contributed by atoms with Crippen LogP contribution in [0, 0.1) is 0 Å². The first-order chi connectivity index (χ1) is 17.6. The number of pyridine rings is 1. The topological polar surface area (TPSA) is 177 Å². The van der Waals surface area contributed by atoms with Gasteiger partial charge in [-0.3, -0.25) is 19.2 Å². The predicted molar refractivity (Wildman–Crippen MR) is 131 cm³/mol. The summed E-state index contributed by atoms with van der Waals surface area (Å²) in [5.41, 5.74) is -0.507. The van der Waals surface area contributed by atoms with E-state index in [-0.39, 0.29) is 44.0 Å². The molecule has 1 rings (SSSR count). The number of nitrogens with one attached hydrogen (secondary N) is 1. The molecule has 0 saturated carbocycles. The lowest BCUT2D eigenvalue weighted by Crippen LogP contribution is -2.20. The molecule has 37 heavy (non-hydrogen) atoms. The largest absolute Gasteiger partial charge is 0.507 e. The SMILES string of the molecule is CCOC(=O)CC(=O)CC(=O)OCC.CCOC(=O)c1c[nH]c(=O)cc1O.CCOC(OCC)OCC. The van der Waals surface area contributed by atoms with E-state index in [1.54, 1.807) is 20.8 Å². The van der Waals surface area contributed by atoms with Crippen LogP contribution in [0.3, 0.4) is 0 Å².